The Morgan fingerprint density at radius 2 is 2.43 bits per heavy atom. The molecule has 0 atom stereocenters. The molecule has 14 heavy (non-hydrogen) atoms. The predicted molar refractivity (Wildman–Crippen MR) is 56.7 cm³/mol. The molecule has 4 heteroatoms. The maximum Gasteiger partial charge on any atom is 0.354 e. The maximum absolute atomic E-state index is 10.6. The van der Waals surface area contributed by atoms with E-state index in [1.807, 2.05) is 0 Å². The van der Waals surface area contributed by atoms with Crippen molar-refractivity contribution in [2.24, 2.45) is 0 Å². The first-order chi connectivity index (χ1) is 6.65. The summed E-state index contributed by atoms with van der Waals surface area (Å²) in [6.45, 7) is 1.70. The van der Waals surface area contributed by atoms with Crippen molar-refractivity contribution >= 4 is 18.6 Å². The maximum atomic E-state index is 10.6. The Morgan fingerprint density at radius 3 is 2.93 bits per heavy atom. The van der Waals surface area contributed by atoms with Crippen LogP contribution in [0.5, 0.6) is 0 Å². The third-order valence-electron chi connectivity index (χ3n) is 1.59. The van der Waals surface area contributed by atoms with Crippen LogP contribution in [0.4, 0.5) is 0 Å². The van der Waals surface area contributed by atoms with Crippen LogP contribution in [-0.2, 0) is 0 Å². The van der Waals surface area contributed by atoms with E-state index >= 15 is 0 Å². The number of pyridine rings is 1. The molecule has 0 unspecified atom stereocenters. The van der Waals surface area contributed by atoms with Crippen molar-refractivity contribution in [2.45, 2.75) is 6.92 Å². The molecule has 0 aromatic carbocycles. The Hall–Kier alpha value is -1.47. The largest absolute Gasteiger partial charge is 0.477 e. The van der Waals surface area contributed by atoms with E-state index in [0.717, 1.165) is 0 Å². The summed E-state index contributed by atoms with van der Waals surface area (Å²) < 4.78 is 0. The Bertz CT molecular complexity index is 418. The van der Waals surface area contributed by atoms with Gasteiger partial charge in [0.2, 0.25) is 0 Å². The Kier molecular flexibility index (Phi) is 3.55. The lowest BCUT2D eigenvalue weighted by Gasteiger charge is -1.98. The van der Waals surface area contributed by atoms with E-state index in [9.17, 15) is 4.79 Å². The number of nitrogens with zero attached hydrogens (tertiary/aromatic N) is 1. The number of aromatic nitrogens is 1. The third kappa shape index (κ3) is 2.51. The van der Waals surface area contributed by atoms with Crippen LogP contribution < -0.4 is 0 Å². The average Bonchev–Trinajstić information content (AvgIpc) is 2.14. The number of carboxylic acids is 1. The van der Waals surface area contributed by atoms with Gasteiger partial charge in [-0.15, -0.1) is 0 Å². The molecular weight excluding hydrogens is 198 g/mol. The molecule has 0 saturated heterocycles. The lowest BCUT2D eigenvalue weighted by Crippen LogP contribution is -2.03. The molecule has 3 nitrogen and oxygen atoms in total. The first kappa shape index (κ1) is 10.6. The zero-order valence-corrected chi connectivity index (χ0v) is 8.51. The minimum absolute atomic E-state index is 0.0708. The summed E-state index contributed by atoms with van der Waals surface area (Å²) >= 11 is 3.94. The van der Waals surface area contributed by atoms with E-state index in [-0.39, 0.29) is 5.69 Å². The van der Waals surface area contributed by atoms with Gasteiger partial charge < -0.3 is 5.11 Å². The number of hydrogen-bond acceptors (Lipinski definition) is 3. The van der Waals surface area contributed by atoms with E-state index in [2.05, 4.69) is 29.5 Å². The highest BCUT2D eigenvalue weighted by molar-refractivity contribution is 7.80. The quantitative estimate of drug-likeness (QED) is 0.540. The SMILES string of the molecule is Cc1cc(C#CCS)cnc1C(=O)O. The molecule has 0 saturated carbocycles. The van der Waals surface area contributed by atoms with Gasteiger partial charge in [0.05, 0.1) is 5.75 Å². The van der Waals surface area contributed by atoms with Gasteiger partial charge in [-0.25, -0.2) is 9.78 Å². The normalized spacial score (nSPS) is 9.00. The molecule has 1 aromatic rings. The van der Waals surface area contributed by atoms with Gasteiger partial charge in [-0.3, -0.25) is 0 Å². The molecule has 0 spiro atoms. The Balaban J connectivity index is 3.06. The second kappa shape index (κ2) is 4.68. The van der Waals surface area contributed by atoms with Gasteiger partial charge >= 0.3 is 5.97 Å². The van der Waals surface area contributed by atoms with Gasteiger partial charge in [-0.2, -0.15) is 12.6 Å². The second-order valence-electron chi connectivity index (χ2n) is 2.65. The molecule has 1 aromatic heterocycles. The molecule has 72 valence electrons. The van der Waals surface area contributed by atoms with Crippen molar-refractivity contribution in [1.82, 2.24) is 4.98 Å². The summed E-state index contributed by atoms with van der Waals surface area (Å²) in [7, 11) is 0. The number of rotatable bonds is 1. The average molecular weight is 207 g/mol. The molecule has 0 aliphatic heterocycles. The van der Waals surface area contributed by atoms with Crippen molar-refractivity contribution in [2.75, 3.05) is 5.75 Å². The number of hydrogen-bond donors (Lipinski definition) is 2. The smallest absolute Gasteiger partial charge is 0.354 e. The van der Waals surface area contributed by atoms with Crippen LogP contribution in [0.3, 0.4) is 0 Å². The molecule has 0 aliphatic carbocycles. The predicted octanol–water partition coefficient (Wildman–Crippen LogP) is 1.37. The van der Waals surface area contributed by atoms with Crippen LogP contribution in [0, 0.1) is 18.8 Å². The fourth-order valence-corrected chi connectivity index (χ4v) is 1.09. The second-order valence-corrected chi connectivity index (χ2v) is 2.97. The summed E-state index contributed by atoms with van der Waals surface area (Å²) in [6, 6.07) is 1.70. The summed E-state index contributed by atoms with van der Waals surface area (Å²) in [5.74, 6) is 5.04. The van der Waals surface area contributed by atoms with Crippen LogP contribution in [0.15, 0.2) is 12.3 Å². The highest BCUT2D eigenvalue weighted by atomic mass is 32.1. The number of thiol groups is 1. The summed E-state index contributed by atoms with van der Waals surface area (Å²) in [6.07, 6.45) is 1.45. The zero-order chi connectivity index (χ0) is 10.6. The number of aromatic carboxylic acids is 1. The minimum Gasteiger partial charge on any atom is -0.477 e. The molecule has 0 radical (unpaired) electrons. The van der Waals surface area contributed by atoms with Crippen molar-refractivity contribution in [1.29, 1.82) is 0 Å². The molecule has 0 aliphatic rings. The molecule has 0 fully saturated rings. The van der Waals surface area contributed by atoms with Gasteiger partial charge in [0.15, 0.2) is 5.69 Å². The van der Waals surface area contributed by atoms with Crippen LogP contribution in [-0.4, -0.2) is 21.8 Å². The first-order valence-electron chi connectivity index (χ1n) is 3.95. The monoisotopic (exact) mass is 207 g/mol. The minimum atomic E-state index is -1.02. The Labute approximate surface area is 87.6 Å². The van der Waals surface area contributed by atoms with E-state index in [0.29, 0.717) is 16.9 Å². The fourth-order valence-electron chi connectivity index (χ4n) is 1.01. The highest BCUT2D eigenvalue weighted by Crippen LogP contribution is 2.06. The fraction of sp³-hybridized carbons (Fsp3) is 0.200. The van der Waals surface area contributed by atoms with Gasteiger partial charge in [0, 0.05) is 11.8 Å². The number of aryl methyl sites for hydroxylation is 1. The first-order valence-corrected chi connectivity index (χ1v) is 4.58. The third-order valence-corrected chi connectivity index (χ3v) is 1.75. The van der Waals surface area contributed by atoms with Gasteiger partial charge in [0.1, 0.15) is 0 Å². The molecule has 1 rings (SSSR count). The van der Waals surface area contributed by atoms with Gasteiger partial charge in [-0.05, 0) is 18.6 Å². The summed E-state index contributed by atoms with van der Waals surface area (Å²) in [4.78, 5) is 14.4. The number of carboxylic acid groups (broad SMARTS) is 1. The topological polar surface area (TPSA) is 50.2 Å². The van der Waals surface area contributed by atoms with E-state index < -0.39 is 5.97 Å². The highest BCUT2D eigenvalue weighted by Gasteiger charge is 2.07. The lowest BCUT2D eigenvalue weighted by molar-refractivity contribution is 0.0689. The number of carbonyl (C=O) groups is 1. The van der Waals surface area contributed by atoms with E-state index in [4.69, 9.17) is 5.11 Å². The van der Waals surface area contributed by atoms with Crippen LogP contribution in [0.25, 0.3) is 0 Å². The zero-order valence-electron chi connectivity index (χ0n) is 7.61. The van der Waals surface area contributed by atoms with E-state index in [1.54, 1.807) is 13.0 Å². The van der Waals surface area contributed by atoms with Gasteiger partial charge in [-0.1, -0.05) is 11.8 Å². The van der Waals surface area contributed by atoms with E-state index in [1.165, 1.54) is 6.20 Å². The lowest BCUT2D eigenvalue weighted by atomic mass is 10.1. The van der Waals surface area contributed by atoms with Crippen LogP contribution in [0.2, 0.25) is 0 Å². The van der Waals surface area contributed by atoms with Crippen molar-refractivity contribution in [3.05, 3.63) is 29.1 Å². The molecule has 1 N–H and O–H groups in total. The van der Waals surface area contributed by atoms with Crippen LogP contribution in [0.1, 0.15) is 21.6 Å². The van der Waals surface area contributed by atoms with Crippen molar-refractivity contribution in [3.8, 4) is 11.8 Å². The molecule has 0 bridgehead atoms. The van der Waals surface area contributed by atoms with Crippen molar-refractivity contribution in [3.63, 3.8) is 0 Å². The molecule has 1 heterocycles. The van der Waals surface area contributed by atoms with Gasteiger partial charge in [0.25, 0.3) is 0 Å². The Morgan fingerprint density at radius 1 is 1.71 bits per heavy atom. The summed E-state index contributed by atoms with van der Waals surface area (Å²) in [5, 5.41) is 8.72. The standard InChI is InChI=1S/C10H9NO2S/c1-7-5-8(3-2-4-14)6-11-9(7)10(12)13/h5-6,14H,4H2,1H3,(H,12,13). The molecule has 0 amide bonds. The molecular formula is C10H9NO2S. The van der Waals surface area contributed by atoms with Crippen molar-refractivity contribution < 1.29 is 9.90 Å². The van der Waals surface area contributed by atoms with Crippen LogP contribution >= 0.6 is 12.6 Å². The summed E-state index contributed by atoms with van der Waals surface area (Å²) in [5.41, 5.74) is 1.39.